The molecule has 2 N–H and O–H groups in total. The average molecular weight is 229 g/mol. The smallest absolute Gasteiger partial charge is 0.192 e. The third-order valence-corrected chi connectivity index (χ3v) is 3.46. The molecule has 0 amide bonds. The fourth-order valence-corrected chi connectivity index (χ4v) is 2.49. The minimum atomic E-state index is -0.149. The van der Waals surface area contributed by atoms with Gasteiger partial charge in [0.05, 0.1) is 12.1 Å². The monoisotopic (exact) mass is 229 g/mol. The molecule has 1 aliphatic rings. The summed E-state index contributed by atoms with van der Waals surface area (Å²) in [4.78, 5) is 6.49. The molecule has 1 heterocycles. The molecule has 1 aliphatic heterocycles. The molecule has 90 valence electrons. The Hall–Kier alpha value is -1.77. The van der Waals surface area contributed by atoms with Gasteiger partial charge in [-0.15, -0.1) is 6.58 Å². The summed E-state index contributed by atoms with van der Waals surface area (Å²) in [5.74, 6) is 0.607. The van der Waals surface area contributed by atoms with E-state index in [0.29, 0.717) is 12.5 Å². The lowest BCUT2D eigenvalue weighted by atomic mass is 9.88. The van der Waals surface area contributed by atoms with Gasteiger partial charge in [0.25, 0.3) is 0 Å². The highest BCUT2D eigenvalue weighted by Gasteiger charge is 2.39. The molecule has 3 heteroatoms. The number of aryl methyl sites for hydroxylation is 1. The lowest BCUT2D eigenvalue weighted by Gasteiger charge is -2.37. The van der Waals surface area contributed by atoms with Gasteiger partial charge in [0.2, 0.25) is 0 Å². The largest absolute Gasteiger partial charge is 0.370 e. The first-order valence-corrected chi connectivity index (χ1v) is 5.84. The van der Waals surface area contributed by atoms with Crippen LogP contribution in [0.2, 0.25) is 0 Å². The van der Waals surface area contributed by atoms with Crippen LogP contribution in [0.3, 0.4) is 0 Å². The van der Waals surface area contributed by atoms with Crippen molar-refractivity contribution in [2.75, 3.05) is 13.1 Å². The molecule has 0 saturated heterocycles. The second-order valence-corrected chi connectivity index (χ2v) is 4.66. The van der Waals surface area contributed by atoms with Crippen LogP contribution < -0.4 is 5.73 Å². The number of hydrogen-bond acceptors (Lipinski definition) is 3. The van der Waals surface area contributed by atoms with Gasteiger partial charge in [-0.1, -0.05) is 30.3 Å². The van der Waals surface area contributed by atoms with E-state index in [4.69, 9.17) is 5.73 Å². The predicted molar refractivity (Wildman–Crippen MR) is 71.9 cm³/mol. The van der Waals surface area contributed by atoms with E-state index in [-0.39, 0.29) is 5.54 Å². The van der Waals surface area contributed by atoms with Gasteiger partial charge in [-0.05, 0) is 25.0 Å². The number of hydrogen-bond donors (Lipinski definition) is 1. The fourth-order valence-electron chi connectivity index (χ4n) is 2.49. The zero-order chi connectivity index (χ0) is 12.5. The Labute approximate surface area is 103 Å². The highest BCUT2D eigenvalue weighted by molar-refractivity contribution is 5.81. The molecule has 1 aromatic carbocycles. The maximum Gasteiger partial charge on any atom is 0.192 e. The van der Waals surface area contributed by atoms with Gasteiger partial charge in [-0.3, -0.25) is 4.99 Å². The molecule has 1 unspecified atom stereocenters. The summed E-state index contributed by atoms with van der Waals surface area (Å²) in [6.07, 6.45) is 1.87. The third kappa shape index (κ3) is 1.82. The van der Waals surface area contributed by atoms with E-state index < -0.39 is 0 Å². The molecule has 1 aromatic rings. The van der Waals surface area contributed by atoms with Crippen LogP contribution in [0, 0.1) is 6.92 Å². The van der Waals surface area contributed by atoms with Gasteiger partial charge in [0.15, 0.2) is 5.96 Å². The number of nitrogens with zero attached hydrogens (tertiary/aromatic N) is 2. The van der Waals surface area contributed by atoms with Crippen LogP contribution in [0.5, 0.6) is 0 Å². The minimum absolute atomic E-state index is 0.149. The van der Waals surface area contributed by atoms with Gasteiger partial charge in [-0.25, -0.2) is 0 Å². The summed E-state index contributed by atoms with van der Waals surface area (Å²) >= 11 is 0. The molecule has 1 atom stereocenters. The Morgan fingerprint density at radius 1 is 1.53 bits per heavy atom. The van der Waals surface area contributed by atoms with Crippen molar-refractivity contribution in [3.8, 4) is 0 Å². The summed E-state index contributed by atoms with van der Waals surface area (Å²) in [5.41, 5.74) is 8.36. The first kappa shape index (κ1) is 11.7. The van der Waals surface area contributed by atoms with Gasteiger partial charge >= 0.3 is 0 Å². The summed E-state index contributed by atoms with van der Waals surface area (Å²) < 4.78 is 0. The molecular formula is C14H19N3. The summed E-state index contributed by atoms with van der Waals surface area (Å²) in [6.45, 7) is 9.53. The Morgan fingerprint density at radius 3 is 2.88 bits per heavy atom. The van der Waals surface area contributed by atoms with E-state index in [0.717, 1.165) is 6.54 Å². The highest BCUT2D eigenvalue weighted by Crippen LogP contribution is 2.34. The second kappa shape index (κ2) is 4.24. The highest BCUT2D eigenvalue weighted by atomic mass is 15.3. The molecule has 0 spiro atoms. The number of aliphatic imine (C=N–C) groups is 1. The molecular weight excluding hydrogens is 210 g/mol. The Kier molecular flexibility index (Phi) is 2.92. The van der Waals surface area contributed by atoms with Crippen LogP contribution in [0.15, 0.2) is 41.9 Å². The number of nitrogens with two attached hydrogens (primary N) is 1. The number of guanidine groups is 1. The normalized spacial score (nSPS) is 23.6. The Balaban J connectivity index is 2.43. The average Bonchev–Trinajstić information content (AvgIpc) is 2.59. The first-order valence-electron chi connectivity index (χ1n) is 5.84. The van der Waals surface area contributed by atoms with Crippen LogP contribution in [0.25, 0.3) is 0 Å². The van der Waals surface area contributed by atoms with Crippen LogP contribution >= 0.6 is 0 Å². The van der Waals surface area contributed by atoms with E-state index in [1.807, 2.05) is 6.08 Å². The topological polar surface area (TPSA) is 41.6 Å². The Morgan fingerprint density at radius 2 is 2.24 bits per heavy atom. The molecule has 2 rings (SSSR count). The van der Waals surface area contributed by atoms with E-state index in [9.17, 15) is 0 Å². The van der Waals surface area contributed by atoms with Crippen molar-refractivity contribution in [2.24, 2.45) is 10.7 Å². The maximum atomic E-state index is 5.96. The van der Waals surface area contributed by atoms with Gasteiger partial charge in [0, 0.05) is 6.54 Å². The summed E-state index contributed by atoms with van der Waals surface area (Å²) in [5, 5.41) is 0. The van der Waals surface area contributed by atoms with E-state index in [1.54, 1.807) is 0 Å². The van der Waals surface area contributed by atoms with Crippen molar-refractivity contribution in [1.82, 2.24) is 4.90 Å². The lowest BCUT2D eigenvalue weighted by Crippen LogP contribution is -2.47. The zero-order valence-corrected chi connectivity index (χ0v) is 10.5. The van der Waals surface area contributed by atoms with Crippen molar-refractivity contribution in [3.63, 3.8) is 0 Å². The molecule has 0 saturated carbocycles. The molecule has 0 aliphatic carbocycles. The SMILES string of the molecule is C=CCN1C(N)=NCC1(C)c1ccccc1C. The fraction of sp³-hybridized carbons (Fsp3) is 0.357. The standard InChI is InChI=1S/C14H19N3/c1-4-9-17-13(15)16-10-14(17,3)12-8-6-5-7-11(12)2/h4-8H,1,9-10H2,2-3H3,(H2,15,16). The van der Waals surface area contributed by atoms with E-state index in [1.165, 1.54) is 11.1 Å². The molecule has 0 aromatic heterocycles. The lowest BCUT2D eigenvalue weighted by molar-refractivity contribution is 0.244. The molecule has 0 radical (unpaired) electrons. The predicted octanol–water partition coefficient (Wildman–Crippen LogP) is 2.03. The molecule has 3 nitrogen and oxygen atoms in total. The molecule has 17 heavy (non-hydrogen) atoms. The molecule has 0 bridgehead atoms. The van der Waals surface area contributed by atoms with Crippen LogP contribution in [0.1, 0.15) is 18.1 Å². The number of rotatable bonds is 3. The van der Waals surface area contributed by atoms with Crippen molar-refractivity contribution >= 4 is 5.96 Å². The van der Waals surface area contributed by atoms with Gasteiger partial charge in [-0.2, -0.15) is 0 Å². The van der Waals surface area contributed by atoms with E-state index in [2.05, 4.69) is 54.6 Å². The maximum absolute atomic E-state index is 5.96. The number of benzene rings is 1. The third-order valence-electron chi connectivity index (χ3n) is 3.46. The van der Waals surface area contributed by atoms with Crippen molar-refractivity contribution in [3.05, 3.63) is 48.0 Å². The second-order valence-electron chi connectivity index (χ2n) is 4.66. The van der Waals surface area contributed by atoms with Gasteiger partial charge < -0.3 is 10.6 Å². The first-order chi connectivity index (χ1) is 8.09. The summed E-state index contributed by atoms with van der Waals surface area (Å²) in [7, 11) is 0. The van der Waals surface area contributed by atoms with Crippen LogP contribution in [-0.4, -0.2) is 23.9 Å². The van der Waals surface area contributed by atoms with Crippen molar-refractivity contribution in [2.45, 2.75) is 19.4 Å². The summed E-state index contributed by atoms with van der Waals surface area (Å²) in [6, 6.07) is 8.40. The van der Waals surface area contributed by atoms with Crippen LogP contribution in [-0.2, 0) is 5.54 Å². The van der Waals surface area contributed by atoms with Gasteiger partial charge in [0.1, 0.15) is 0 Å². The van der Waals surface area contributed by atoms with Crippen molar-refractivity contribution < 1.29 is 0 Å². The van der Waals surface area contributed by atoms with E-state index >= 15 is 0 Å². The quantitative estimate of drug-likeness (QED) is 0.806. The zero-order valence-electron chi connectivity index (χ0n) is 10.5. The molecule has 0 fully saturated rings. The minimum Gasteiger partial charge on any atom is -0.370 e. The van der Waals surface area contributed by atoms with Crippen LogP contribution in [0.4, 0.5) is 0 Å². The van der Waals surface area contributed by atoms with Crippen molar-refractivity contribution in [1.29, 1.82) is 0 Å². The Bertz CT molecular complexity index is 464.